The number of ether oxygens (including phenoxy) is 1. The van der Waals surface area contributed by atoms with Crippen LogP contribution < -0.4 is 20.3 Å². The van der Waals surface area contributed by atoms with E-state index in [9.17, 15) is 4.79 Å². The van der Waals surface area contributed by atoms with Gasteiger partial charge in [-0.3, -0.25) is 9.79 Å². The van der Waals surface area contributed by atoms with Gasteiger partial charge in [0.1, 0.15) is 12.4 Å². The van der Waals surface area contributed by atoms with E-state index in [0.717, 1.165) is 74.0 Å². The van der Waals surface area contributed by atoms with Gasteiger partial charge in [0.2, 0.25) is 5.91 Å². The third kappa shape index (κ3) is 7.10. The zero-order valence-electron chi connectivity index (χ0n) is 24.9. The van der Waals surface area contributed by atoms with E-state index in [4.69, 9.17) is 20.4 Å². The molecule has 10 heteroatoms. The highest BCUT2D eigenvalue weighted by Crippen LogP contribution is 2.35. The Kier molecular flexibility index (Phi) is 11.3. The van der Waals surface area contributed by atoms with Crippen molar-refractivity contribution in [3.63, 3.8) is 0 Å². The Morgan fingerprint density at radius 1 is 1.12 bits per heavy atom. The number of piperazine rings is 1. The highest BCUT2D eigenvalue weighted by Gasteiger charge is 2.29. The van der Waals surface area contributed by atoms with Crippen LogP contribution in [0.3, 0.4) is 0 Å². The second kappa shape index (κ2) is 14.6. The molecule has 3 heterocycles. The highest BCUT2D eigenvalue weighted by molar-refractivity contribution is 5.95. The summed E-state index contributed by atoms with van der Waals surface area (Å²) < 4.78 is 6.13. The van der Waals surface area contributed by atoms with Crippen LogP contribution in [-0.2, 0) is 17.8 Å². The minimum Gasteiger partial charge on any atom is -0.462 e. The van der Waals surface area contributed by atoms with Crippen molar-refractivity contribution in [3.05, 3.63) is 47.7 Å². The van der Waals surface area contributed by atoms with Gasteiger partial charge in [-0.25, -0.2) is 0 Å². The number of carbonyl (C=O) groups excluding carboxylic acids is 1. The maximum absolute atomic E-state index is 11.9. The normalized spacial score (nSPS) is 15.2. The third-order valence-corrected chi connectivity index (χ3v) is 7.61. The van der Waals surface area contributed by atoms with Gasteiger partial charge in [0.15, 0.2) is 0 Å². The van der Waals surface area contributed by atoms with Crippen molar-refractivity contribution in [3.8, 4) is 6.01 Å². The van der Waals surface area contributed by atoms with E-state index in [1.807, 2.05) is 17.2 Å². The van der Waals surface area contributed by atoms with E-state index in [1.54, 1.807) is 14.0 Å². The predicted octanol–water partition coefficient (Wildman–Crippen LogP) is 3.17. The maximum Gasteiger partial charge on any atom is 0.318 e. The Morgan fingerprint density at radius 3 is 2.45 bits per heavy atom. The number of rotatable bonds is 9. The van der Waals surface area contributed by atoms with Crippen LogP contribution in [0.15, 0.2) is 30.3 Å². The first-order chi connectivity index (χ1) is 19.4. The predicted molar refractivity (Wildman–Crippen MR) is 165 cm³/mol. The lowest BCUT2D eigenvalue weighted by molar-refractivity contribution is -0.129. The second-order valence-electron chi connectivity index (χ2n) is 9.92. The molecule has 2 aliphatic heterocycles. The molecule has 0 atom stereocenters. The zero-order valence-corrected chi connectivity index (χ0v) is 24.9. The number of benzene rings is 1. The third-order valence-electron chi connectivity index (χ3n) is 7.61. The SMILES string of the molecule is C=C.CCN(CC)CCOc1nc2c(c(N3CCN(C(C)=O)CC3)n1)CCN(c1c(C)ccc(N)c1C=NC)C2. The smallest absolute Gasteiger partial charge is 0.318 e. The summed E-state index contributed by atoms with van der Waals surface area (Å²) in [6.45, 7) is 21.7. The van der Waals surface area contributed by atoms with Gasteiger partial charge < -0.3 is 30.1 Å². The Hall–Kier alpha value is -3.66. The van der Waals surface area contributed by atoms with Crippen molar-refractivity contribution in [2.45, 2.75) is 40.7 Å². The van der Waals surface area contributed by atoms with Gasteiger partial charge >= 0.3 is 6.01 Å². The van der Waals surface area contributed by atoms with Crippen molar-refractivity contribution < 1.29 is 9.53 Å². The average Bonchev–Trinajstić information content (AvgIpc) is 2.98. The number of aryl methyl sites for hydroxylation is 1. The van der Waals surface area contributed by atoms with Gasteiger partial charge in [-0.2, -0.15) is 9.97 Å². The van der Waals surface area contributed by atoms with Crippen LogP contribution >= 0.6 is 0 Å². The lowest BCUT2D eigenvalue weighted by atomic mass is 10.00. The molecule has 40 heavy (non-hydrogen) atoms. The Morgan fingerprint density at radius 2 is 1.82 bits per heavy atom. The van der Waals surface area contributed by atoms with Crippen LogP contribution in [0.2, 0.25) is 0 Å². The van der Waals surface area contributed by atoms with Crippen LogP contribution in [0.1, 0.15) is 43.2 Å². The van der Waals surface area contributed by atoms with Crippen LogP contribution in [0, 0.1) is 6.92 Å². The molecule has 2 aliphatic rings. The molecule has 218 valence electrons. The van der Waals surface area contributed by atoms with E-state index in [-0.39, 0.29) is 5.91 Å². The van der Waals surface area contributed by atoms with Crippen LogP contribution in [-0.4, -0.2) is 97.9 Å². The number of hydrogen-bond donors (Lipinski definition) is 1. The molecule has 10 nitrogen and oxygen atoms in total. The summed E-state index contributed by atoms with van der Waals surface area (Å²) >= 11 is 0. The first kappa shape index (κ1) is 30.9. The number of hydrogen-bond acceptors (Lipinski definition) is 9. The number of amides is 1. The monoisotopic (exact) mass is 550 g/mol. The molecule has 1 saturated heterocycles. The number of aliphatic imine (C=N–C) groups is 1. The van der Waals surface area contributed by atoms with Crippen molar-refractivity contribution in [2.75, 3.05) is 81.5 Å². The van der Waals surface area contributed by atoms with Gasteiger partial charge in [0, 0.05) is 76.3 Å². The Bertz CT molecular complexity index is 1170. The summed E-state index contributed by atoms with van der Waals surface area (Å²) in [6, 6.07) is 4.42. The molecule has 0 bridgehead atoms. The first-order valence-corrected chi connectivity index (χ1v) is 14.2. The van der Waals surface area contributed by atoms with E-state index < -0.39 is 0 Å². The summed E-state index contributed by atoms with van der Waals surface area (Å²) in [4.78, 5) is 34.8. The number of aromatic nitrogens is 2. The number of nitrogens with zero attached hydrogens (tertiary/aromatic N) is 7. The summed E-state index contributed by atoms with van der Waals surface area (Å²) in [5, 5.41) is 0. The van der Waals surface area contributed by atoms with Crippen LogP contribution in [0.5, 0.6) is 6.01 Å². The summed E-state index contributed by atoms with van der Waals surface area (Å²) in [6.07, 6.45) is 2.66. The van der Waals surface area contributed by atoms with E-state index >= 15 is 0 Å². The van der Waals surface area contributed by atoms with Gasteiger partial charge in [-0.15, -0.1) is 13.2 Å². The van der Waals surface area contributed by atoms with Crippen LogP contribution in [0.25, 0.3) is 0 Å². The van der Waals surface area contributed by atoms with Gasteiger partial charge in [-0.1, -0.05) is 19.9 Å². The van der Waals surface area contributed by atoms with Crippen LogP contribution in [0.4, 0.5) is 17.2 Å². The van der Waals surface area contributed by atoms with Gasteiger partial charge in [-0.05, 0) is 38.1 Å². The van der Waals surface area contributed by atoms with E-state index in [2.05, 4.69) is 59.7 Å². The fraction of sp³-hybridized carbons (Fsp3) is 0.533. The standard InChI is InChI=1S/C28H42N8O2.C2H4/c1-6-33(7-2)16-17-38-28-31-25-19-36(26-20(3)8-9-24(29)23(26)18-30-5)11-10-22(25)27(32-28)35-14-12-34(13-15-35)21(4)37;1-2/h8-9,18H,6-7,10-17,19,29H2,1-5H3;1-2H2. The van der Waals surface area contributed by atoms with Crippen molar-refractivity contribution >= 4 is 29.3 Å². The lowest BCUT2D eigenvalue weighted by Crippen LogP contribution is -2.49. The van der Waals surface area contributed by atoms with E-state index in [0.29, 0.717) is 37.9 Å². The molecular formula is C30H46N8O2. The average molecular weight is 551 g/mol. The minimum absolute atomic E-state index is 0.120. The molecule has 1 aromatic heterocycles. The zero-order chi connectivity index (χ0) is 29.2. The molecule has 0 aliphatic carbocycles. The minimum atomic E-state index is 0.120. The number of nitrogens with two attached hydrogens (primary N) is 1. The molecule has 0 spiro atoms. The fourth-order valence-corrected chi connectivity index (χ4v) is 5.36. The lowest BCUT2D eigenvalue weighted by Gasteiger charge is -2.38. The quantitative estimate of drug-likeness (QED) is 0.289. The fourth-order valence-electron chi connectivity index (χ4n) is 5.36. The number of nitrogen functional groups attached to an aromatic ring is 1. The van der Waals surface area contributed by atoms with Crippen molar-refractivity contribution in [1.82, 2.24) is 19.8 Å². The number of likely N-dealkylation sites (N-methyl/N-ethyl adjacent to an activating group) is 1. The van der Waals surface area contributed by atoms with Gasteiger partial charge in [0.05, 0.1) is 17.9 Å². The molecule has 0 saturated carbocycles. The molecule has 0 unspecified atom stereocenters. The van der Waals surface area contributed by atoms with E-state index in [1.165, 1.54) is 5.56 Å². The molecule has 1 amide bonds. The Labute approximate surface area is 239 Å². The van der Waals surface area contributed by atoms with Crippen molar-refractivity contribution in [1.29, 1.82) is 0 Å². The summed E-state index contributed by atoms with van der Waals surface area (Å²) in [7, 11) is 1.77. The summed E-state index contributed by atoms with van der Waals surface area (Å²) in [5.41, 5.74) is 12.4. The second-order valence-corrected chi connectivity index (χ2v) is 9.92. The highest BCUT2D eigenvalue weighted by atomic mass is 16.5. The number of anilines is 3. The maximum atomic E-state index is 11.9. The molecule has 1 aromatic carbocycles. The molecule has 1 fully saturated rings. The number of carbonyl (C=O) groups is 1. The molecule has 4 rings (SSSR count). The van der Waals surface area contributed by atoms with Gasteiger partial charge in [0.25, 0.3) is 0 Å². The summed E-state index contributed by atoms with van der Waals surface area (Å²) in [5.74, 6) is 1.06. The first-order valence-electron chi connectivity index (χ1n) is 14.2. The molecule has 2 N–H and O–H groups in total. The number of fused-ring (bicyclic) bond motifs is 1. The molecule has 2 aromatic rings. The largest absolute Gasteiger partial charge is 0.462 e. The molecule has 0 radical (unpaired) electrons. The van der Waals surface area contributed by atoms with Crippen molar-refractivity contribution in [2.24, 2.45) is 4.99 Å². The topological polar surface area (TPSA) is 103 Å². The molecular weight excluding hydrogens is 504 g/mol. The Balaban J connectivity index is 0.00000216.